The molecule has 0 aliphatic carbocycles. The highest BCUT2D eigenvalue weighted by molar-refractivity contribution is 5.49. The van der Waals surface area contributed by atoms with Crippen LogP contribution in [-0.4, -0.2) is 33.3 Å². The minimum Gasteiger partial charge on any atom is -0.381 e. The van der Waals surface area contributed by atoms with E-state index in [0.29, 0.717) is 24.2 Å². The zero-order valence-corrected chi connectivity index (χ0v) is 11.0. The molecule has 0 radical (unpaired) electrons. The number of hydrogen-bond donors (Lipinski definition) is 0. The molecule has 3 heterocycles. The van der Waals surface area contributed by atoms with Gasteiger partial charge in [-0.15, -0.1) is 0 Å². The number of ether oxygens (including phenoxy) is 1. The molecule has 6 nitrogen and oxygen atoms in total. The molecule has 6 heteroatoms. The van der Waals surface area contributed by atoms with Gasteiger partial charge in [-0.2, -0.15) is 4.98 Å². The Hall–Kier alpha value is -1.82. The zero-order chi connectivity index (χ0) is 13.2. The Morgan fingerprint density at radius 3 is 2.68 bits per heavy atom. The Bertz CT molecular complexity index is 544. The van der Waals surface area contributed by atoms with Crippen molar-refractivity contribution in [1.82, 2.24) is 20.1 Å². The molecule has 0 bridgehead atoms. The predicted molar refractivity (Wildman–Crippen MR) is 67.6 cm³/mol. The molecule has 0 N–H and O–H groups in total. The molecule has 1 fully saturated rings. The van der Waals surface area contributed by atoms with E-state index in [-0.39, 0.29) is 5.92 Å². The molecule has 0 aromatic carbocycles. The van der Waals surface area contributed by atoms with Gasteiger partial charge in [-0.05, 0) is 6.42 Å². The molecule has 1 atom stereocenters. The fourth-order valence-corrected chi connectivity index (χ4v) is 2.00. The normalized spacial score (nSPS) is 19.2. The summed E-state index contributed by atoms with van der Waals surface area (Å²) in [6, 6.07) is 0. The Morgan fingerprint density at radius 2 is 2.05 bits per heavy atom. The van der Waals surface area contributed by atoms with Gasteiger partial charge in [-0.25, -0.2) is 9.97 Å². The lowest BCUT2D eigenvalue weighted by molar-refractivity contribution is 0.192. The van der Waals surface area contributed by atoms with Crippen LogP contribution in [-0.2, 0) is 4.74 Å². The highest BCUT2D eigenvalue weighted by Crippen LogP contribution is 2.25. The van der Waals surface area contributed by atoms with Crippen molar-refractivity contribution in [3.8, 4) is 11.5 Å². The maximum atomic E-state index is 5.32. The largest absolute Gasteiger partial charge is 0.381 e. The third kappa shape index (κ3) is 2.49. The average Bonchev–Trinajstić information content (AvgIpc) is 3.10. The van der Waals surface area contributed by atoms with Crippen molar-refractivity contribution in [2.75, 3.05) is 13.2 Å². The van der Waals surface area contributed by atoms with Crippen LogP contribution in [0.2, 0.25) is 0 Å². The number of rotatable bonds is 3. The zero-order valence-electron chi connectivity index (χ0n) is 11.0. The lowest BCUT2D eigenvalue weighted by atomic mass is 10.1. The molecule has 0 saturated carbocycles. The second-order valence-corrected chi connectivity index (χ2v) is 5.00. The van der Waals surface area contributed by atoms with Gasteiger partial charge in [0.1, 0.15) is 5.82 Å². The minimum absolute atomic E-state index is 0.244. The van der Waals surface area contributed by atoms with Gasteiger partial charge in [0.2, 0.25) is 0 Å². The first-order valence-electron chi connectivity index (χ1n) is 6.47. The van der Waals surface area contributed by atoms with Gasteiger partial charge in [0.25, 0.3) is 5.89 Å². The summed E-state index contributed by atoms with van der Waals surface area (Å²) in [4.78, 5) is 13.0. The van der Waals surface area contributed by atoms with Crippen LogP contribution in [0.5, 0.6) is 0 Å². The lowest BCUT2D eigenvalue weighted by Gasteiger charge is -2.02. The SMILES string of the molecule is CC(C)c1ncc(-c2nc([C@@H]3CCOC3)no2)cn1. The van der Waals surface area contributed by atoms with E-state index in [9.17, 15) is 0 Å². The fourth-order valence-electron chi connectivity index (χ4n) is 2.00. The van der Waals surface area contributed by atoms with Crippen molar-refractivity contribution in [3.05, 3.63) is 24.0 Å². The summed E-state index contributed by atoms with van der Waals surface area (Å²) >= 11 is 0. The summed E-state index contributed by atoms with van der Waals surface area (Å²) in [6.45, 7) is 5.54. The van der Waals surface area contributed by atoms with Crippen LogP contribution in [0.15, 0.2) is 16.9 Å². The third-order valence-electron chi connectivity index (χ3n) is 3.17. The number of nitrogens with zero attached hydrogens (tertiary/aromatic N) is 4. The van der Waals surface area contributed by atoms with Crippen LogP contribution in [0.1, 0.15) is 43.8 Å². The van der Waals surface area contributed by atoms with Crippen LogP contribution >= 0.6 is 0 Å². The van der Waals surface area contributed by atoms with E-state index in [2.05, 4.69) is 34.0 Å². The Balaban J connectivity index is 1.81. The predicted octanol–water partition coefficient (Wildman–Crippen LogP) is 2.15. The molecule has 1 aliphatic rings. The summed E-state index contributed by atoms with van der Waals surface area (Å²) in [5.41, 5.74) is 0.752. The second kappa shape index (κ2) is 5.05. The highest BCUT2D eigenvalue weighted by Gasteiger charge is 2.23. The van der Waals surface area contributed by atoms with Crippen LogP contribution in [0.3, 0.4) is 0 Å². The smallest absolute Gasteiger partial charge is 0.261 e. The molecule has 2 aromatic rings. The van der Waals surface area contributed by atoms with Gasteiger partial charge in [-0.1, -0.05) is 19.0 Å². The number of aromatic nitrogens is 4. The van der Waals surface area contributed by atoms with Gasteiger partial charge < -0.3 is 9.26 Å². The molecule has 19 heavy (non-hydrogen) atoms. The fraction of sp³-hybridized carbons (Fsp3) is 0.538. The topological polar surface area (TPSA) is 73.9 Å². The number of hydrogen-bond acceptors (Lipinski definition) is 6. The first kappa shape index (κ1) is 12.2. The summed E-state index contributed by atoms with van der Waals surface area (Å²) in [5, 5.41) is 4.01. The van der Waals surface area contributed by atoms with Gasteiger partial charge in [0.05, 0.1) is 12.2 Å². The lowest BCUT2D eigenvalue weighted by Crippen LogP contribution is -2.00. The molecule has 0 unspecified atom stereocenters. The molecule has 1 saturated heterocycles. The van der Waals surface area contributed by atoms with Crippen molar-refractivity contribution in [3.63, 3.8) is 0 Å². The Kier molecular flexibility index (Phi) is 3.25. The van der Waals surface area contributed by atoms with Crippen molar-refractivity contribution in [2.45, 2.75) is 32.1 Å². The van der Waals surface area contributed by atoms with Crippen molar-refractivity contribution >= 4 is 0 Å². The van der Waals surface area contributed by atoms with Crippen LogP contribution < -0.4 is 0 Å². The summed E-state index contributed by atoms with van der Waals surface area (Å²) < 4.78 is 10.6. The van der Waals surface area contributed by atoms with Gasteiger partial charge in [-0.3, -0.25) is 0 Å². The van der Waals surface area contributed by atoms with E-state index in [0.717, 1.165) is 24.4 Å². The van der Waals surface area contributed by atoms with Crippen molar-refractivity contribution in [2.24, 2.45) is 0 Å². The van der Waals surface area contributed by atoms with E-state index in [1.165, 1.54) is 0 Å². The van der Waals surface area contributed by atoms with Gasteiger partial charge >= 0.3 is 0 Å². The highest BCUT2D eigenvalue weighted by atomic mass is 16.5. The molecule has 2 aromatic heterocycles. The molecular formula is C13H16N4O2. The molecular weight excluding hydrogens is 244 g/mol. The standard InChI is InChI=1S/C13H16N4O2/c1-8(2)11-14-5-10(6-15-11)13-16-12(17-19-13)9-3-4-18-7-9/h5-6,8-9H,3-4,7H2,1-2H3/t9-/m1/s1. The van der Waals surface area contributed by atoms with E-state index in [1.54, 1.807) is 12.4 Å². The Labute approximate surface area is 111 Å². The molecule has 0 spiro atoms. The summed E-state index contributed by atoms with van der Waals surface area (Å²) in [5.74, 6) is 2.54. The molecule has 3 rings (SSSR count). The minimum atomic E-state index is 0.244. The van der Waals surface area contributed by atoms with E-state index in [1.807, 2.05) is 0 Å². The van der Waals surface area contributed by atoms with Gasteiger partial charge in [0, 0.05) is 30.8 Å². The van der Waals surface area contributed by atoms with Gasteiger partial charge in [0.15, 0.2) is 5.82 Å². The first-order valence-corrected chi connectivity index (χ1v) is 6.47. The maximum absolute atomic E-state index is 5.32. The van der Waals surface area contributed by atoms with Crippen LogP contribution in [0.25, 0.3) is 11.5 Å². The second-order valence-electron chi connectivity index (χ2n) is 5.00. The average molecular weight is 260 g/mol. The van der Waals surface area contributed by atoms with E-state index in [4.69, 9.17) is 9.26 Å². The maximum Gasteiger partial charge on any atom is 0.261 e. The summed E-state index contributed by atoms with van der Waals surface area (Å²) in [7, 11) is 0. The molecule has 100 valence electrons. The summed E-state index contributed by atoms with van der Waals surface area (Å²) in [6.07, 6.45) is 4.40. The molecule has 1 aliphatic heterocycles. The monoisotopic (exact) mass is 260 g/mol. The first-order chi connectivity index (χ1) is 9.24. The van der Waals surface area contributed by atoms with E-state index >= 15 is 0 Å². The van der Waals surface area contributed by atoms with Crippen LogP contribution in [0.4, 0.5) is 0 Å². The van der Waals surface area contributed by atoms with Crippen LogP contribution in [0, 0.1) is 0 Å². The third-order valence-corrected chi connectivity index (χ3v) is 3.17. The quantitative estimate of drug-likeness (QED) is 0.841. The van der Waals surface area contributed by atoms with Crippen molar-refractivity contribution < 1.29 is 9.26 Å². The van der Waals surface area contributed by atoms with E-state index < -0.39 is 0 Å². The molecule has 0 amide bonds. The van der Waals surface area contributed by atoms with Crippen molar-refractivity contribution in [1.29, 1.82) is 0 Å². The Morgan fingerprint density at radius 1 is 1.26 bits per heavy atom.